The zero-order chi connectivity index (χ0) is 20.3. The van der Waals surface area contributed by atoms with Gasteiger partial charge in [0.2, 0.25) is 0 Å². The molecule has 0 heterocycles. The number of fused-ring (bicyclic) bond motifs is 1. The molecule has 0 spiro atoms. The van der Waals surface area contributed by atoms with Gasteiger partial charge in [-0.25, -0.2) is 0 Å². The molecule has 1 fully saturated rings. The number of rotatable bonds is 12. The Bertz CT molecular complexity index is 705. The average molecular weight is 393 g/mol. The molecule has 0 nitrogen and oxygen atoms in total. The van der Waals surface area contributed by atoms with Crippen molar-refractivity contribution < 1.29 is 0 Å². The molecular formula is C29H44. The van der Waals surface area contributed by atoms with Gasteiger partial charge >= 0.3 is 0 Å². The Morgan fingerprint density at radius 2 is 1.31 bits per heavy atom. The van der Waals surface area contributed by atoms with Gasteiger partial charge in [0.1, 0.15) is 0 Å². The van der Waals surface area contributed by atoms with Crippen LogP contribution < -0.4 is 0 Å². The summed E-state index contributed by atoms with van der Waals surface area (Å²) in [6, 6.07) is 14.5. The van der Waals surface area contributed by atoms with E-state index < -0.39 is 0 Å². The van der Waals surface area contributed by atoms with Crippen LogP contribution in [-0.4, -0.2) is 0 Å². The van der Waals surface area contributed by atoms with Gasteiger partial charge in [0.25, 0.3) is 0 Å². The fourth-order valence-electron chi connectivity index (χ4n) is 5.30. The van der Waals surface area contributed by atoms with Crippen LogP contribution in [0.3, 0.4) is 0 Å². The van der Waals surface area contributed by atoms with E-state index in [0.29, 0.717) is 0 Å². The standard InChI is InChI=1S/C29H44/c1-3-5-7-9-11-13-25-16-19-29-23-28(21-20-27(29)22-25)26-17-14-24(15-18-26)12-10-8-6-4-2/h16,19-24,26H,3-15,17-18H2,1-2H3. The van der Waals surface area contributed by atoms with Crippen LogP contribution in [0.1, 0.15) is 121 Å². The molecule has 0 bridgehead atoms. The molecule has 0 radical (unpaired) electrons. The van der Waals surface area contributed by atoms with Crippen molar-refractivity contribution in [2.75, 3.05) is 0 Å². The average Bonchev–Trinajstić information content (AvgIpc) is 2.76. The van der Waals surface area contributed by atoms with Crippen molar-refractivity contribution in [1.29, 1.82) is 0 Å². The summed E-state index contributed by atoms with van der Waals surface area (Å²) < 4.78 is 0. The topological polar surface area (TPSA) is 0 Å². The molecule has 0 unspecified atom stereocenters. The zero-order valence-electron chi connectivity index (χ0n) is 19.2. The van der Waals surface area contributed by atoms with Crippen LogP contribution in [0.2, 0.25) is 0 Å². The zero-order valence-corrected chi connectivity index (χ0v) is 19.2. The van der Waals surface area contributed by atoms with Gasteiger partial charge in [-0.15, -0.1) is 0 Å². The molecule has 1 saturated carbocycles. The van der Waals surface area contributed by atoms with E-state index in [4.69, 9.17) is 0 Å². The Kier molecular flexibility index (Phi) is 9.58. The highest BCUT2D eigenvalue weighted by atomic mass is 14.3. The van der Waals surface area contributed by atoms with E-state index in [1.54, 1.807) is 5.56 Å². The lowest BCUT2D eigenvalue weighted by atomic mass is 9.76. The fraction of sp³-hybridized carbons (Fsp3) is 0.655. The molecule has 0 N–H and O–H groups in total. The molecular weight excluding hydrogens is 348 g/mol. The van der Waals surface area contributed by atoms with Crippen LogP contribution in [0, 0.1) is 5.92 Å². The van der Waals surface area contributed by atoms with Gasteiger partial charge < -0.3 is 0 Å². The molecule has 3 rings (SSSR count). The molecule has 0 aliphatic heterocycles. The molecule has 0 atom stereocenters. The van der Waals surface area contributed by atoms with Crippen LogP contribution in [-0.2, 0) is 6.42 Å². The van der Waals surface area contributed by atoms with Crippen molar-refractivity contribution in [2.45, 2.75) is 116 Å². The van der Waals surface area contributed by atoms with Gasteiger partial charge in [-0.2, -0.15) is 0 Å². The van der Waals surface area contributed by atoms with Gasteiger partial charge in [0.15, 0.2) is 0 Å². The summed E-state index contributed by atoms with van der Waals surface area (Å²) in [5.74, 6) is 1.80. The van der Waals surface area contributed by atoms with Crippen molar-refractivity contribution >= 4 is 10.8 Å². The Hall–Kier alpha value is -1.30. The van der Waals surface area contributed by atoms with E-state index in [9.17, 15) is 0 Å². The van der Waals surface area contributed by atoms with Crippen LogP contribution in [0.5, 0.6) is 0 Å². The smallest absolute Gasteiger partial charge is 0.0162 e. The first kappa shape index (κ1) is 22.4. The van der Waals surface area contributed by atoms with Crippen molar-refractivity contribution in [3.8, 4) is 0 Å². The lowest BCUT2D eigenvalue weighted by molar-refractivity contribution is 0.302. The molecule has 29 heavy (non-hydrogen) atoms. The maximum atomic E-state index is 2.49. The summed E-state index contributed by atoms with van der Waals surface area (Å²) >= 11 is 0. The summed E-state index contributed by atoms with van der Waals surface area (Å²) in [5, 5.41) is 2.88. The number of hydrogen-bond acceptors (Lipinski definition) is 0. The SMILES string of the molecule is CCCCCCCc1ccc2cc(C3CCC(CCCCCC)CC3)ccc2c1. The van der Waals surface area contributed by atoms with E-state index in [2.05, 4.69) is 50.2 Å². The summed E-state index contributed by atoms with van der Waals surface area (Å²) in [6.07, 6.45) is 20.9. The predicted molar refractivity (Wildman–Crippen MR) is 130 cm³/mol. The fourth-order valence-corrected chi connectivity index (χ4v) is 5.30. The minimum atomic E-state index is 0.796. The number of benzene rings is 2. The third-order valence-corrected chi connectivity index (χ3v) is 7.28. The highest BCUT2D eigenvalue weighted by Gasteiger charge is 2.22. The minimum Gasteiger partial charge on any atom is -0.0654 e. The Morgan fingerprint density at radius 3 is 2.07 bits per heavy atom. The predicted octanol–water partition coefficient (Wildman–Crippen LogP) is 9.60. The number of hydrogen-bond donors (Lipinski definition) is 0. The maximum absolute atomic E-state index is 2.49. The summed E-state index contributed by atoms with van der Waals surface area (Å²) in [7, 11) is 0. The first-order chi connectivity index (χ1) is 14.3. The van der Waals surface area contributed by atoms with Crippen molar-refractivity contribution in [3.63, 3.8) is 0 Å². The van der Waals surface area contributed by atoms with Crippen LogP contribution in [0.25, 0.3) is 10.8 Å². The minimum absolute atomic E-state index is 0.796. The highest BCUT2D eigenvalue weighted by Crippen LogP contribution is 2.38. The molecule has 1 aliphatic carbocycles. The van der Waals surface area contributed by atoms with Gasteiger partial charge in [-0.05, 0) is 72.3 Å². The second-order valence-electron chi connectivity index (χ2n) is 9.67. The second kappa shape index (κ2) is 12.4. The van der Waals surface area contributed by atoms with Crippen molar-refractivity contribution in [2.24, 2.45) is 5.92 Å². The maximum Gasteiger partial charge on any atom is -0.0162 e. The van der Waals surface area contributed by atoms with Crippen LogP contribution >= 0.6 is 0 Å². The third-order valence-electron chi connectivity index (χ3n) is 7.28. The van der Waals surface area contributed by atoms with E-state index in [-0.39, 0.29) is 0 Å². The molecule has 2 aromatic rings. The number of unbranched alkanes of at least 4 members (excludes halogenated alkanes) is 7. The van der Waals surface area contributed by atoms with Crippen LogP contribution in [0.4, 0.5) is 0 Å². The first-order valence-corrected chi connectivity index (χ1v) is 12.8. The molecule has 0 saturated heterocycles. The van der Waals surface area contributed by atoms with Crippen LogP contribution in [0.15, 0.2) is 36.4 Å². The summed E-state index contributed by atoms with van der Waals surface area (Å²) in [6.45, 7) is 4.60. The molecule has 0 aromatic heterocycles. The first-order valence-electron chi connectivity index (χ1n) is 12.8. The lowest BCUT2D eigenvalue weighted by Crippen LogP contribution is -2.13. The van der Waals surface area contributed by atoms with Gasteiger partial charge in [-0.3, -0.25) is 0 Å². The second-order valence-corrected chi connectivity index (χ2v) is 9.67. The normalized spacial score (nSPS) is 19.7. The Balaban J connectivity index is 1.49. The van der Waals surface area contributed by atoms with Gasteiger partial charge in [0.05, 0.1) is 0 Å². The van der Waals surface area contributed by atoms with E-state index >= 15 is 0 Å². The monoisotopic (exact) mass is 392 g/mol. The molecule has 0 amide bonds. The third kappa shape index (κ3) is 7.16. The van der Waals surface area contributed by atoms with E-state index in [1.807, 2.05) is 0 Å². The highest BCUT2D eigenvalue weighted by molar-refractivity contribution is 5.84. The van der Waals surface area contributed by atoms with E-state index in [0.717, 1.165) is 11.8 Å². The molecule has 160 valence electrons. The summed E-state index contributed by atoms with van der Waals surface area (Å²) in [4.78, 5) is 0. The summed E-state index contributed by atoms with van der Waals surface area (Å²) in [5.41, 5.74) is 3.11. The van der Waals surface area contributed by atoms with E-state index in [1.165, 1.54) is 113 Å². The number of aryl methyl sites for hydroxylation is 1. The Morgan fingerprint density at radius 1 is 0.655 bits per heavy atom. The largest absolute Gasteiger partial charge is 0.0654 e. The van der Waals surface area contributed by atoms with Gasteiger partial charge in [-0.1, -0.05) is 108 Å². The lowest BCUT2D eigenvalue weighted by Gasteiger charge is -2.29. The van der Waals surface area contributed by atoms with Crippen molar-refractivity contribution in [3.05, 3.63) is 47.5 Å². The molecule has 2 aromatic carbocycles. The Labute approximate surface area is 180 Å². The van der Waals surface area contributed by atoms with Gasteiger partial charge in [0, 0.05) is 0 Å². The molecule has 0 heteroatoms. The van der Waals surface area contributed by atoms with Crippen molar-refractivity contribution in [1.82, 2.24) is 0 Å². The molecule has 1 aliphatic rings. The quantitative estimate of drug-likeness (QED) is 0.315.